The number of aryl methyl sites for hydroxylation is 2. The van der Waals surface area contributed by atoms with Crippen LogP contribution in [0.4, 0.5) is 13.2 Å². The average Bonchev–Trinajstić information content (AvgIpc) is 2.56. The predicted molar refractivity (Wildman–Crippen MR) is 90.0 cm³/mol. The molecule has 4 nitrogen and oxygen atoms in total. The van der Waals surface area contributed by atoms with E-state index in [1.165, 1.54) is 12.1 Å². The first kappa shape index (κ1) is 19.5. The Morgan fingerprint density at radius 2 is 1.73 bits per heavy atom. The molecule has 2 aromatic carbocycles. The first-order chi connectivity index (χ1) is 12.1. The van der Waals surface area contributed by atoms with Crippen LogP contribution in [0, 0.1) is 13.8 Å². The van der Waals surface area contributed by atoms with Crippen molar-refractivity contribution in [2.45, 2.75) is 32.5 Å². The van der Waals surface area contributed by atoms with Gasteiger partial charge in [0.25, 0.3) is 5.91 Å². The second kappa shape index (κ2) is 7.59. The van der Waals surface area contributed by atoms with Gasteiger partial charge in [-0.3, -0.25) is 4.79 Å². The van der Waals surface area contributed by atoms with E-state index in [1.807, 2.05) is 19.9 Å². The molecule has 2 aromatic rings. The summed E-state index contributed by atoms with van der Waals surface area (Å²) in [5.74, 6) is -2.39. The Morgan fingerprint density at radius 3 is 2.31 bits per heavy atom. The Labute approximate surface area is 148 Å². The summed E-state index contributed by atoms with van der Waals surface area (Å²) in [5.41, 5.74) is 0.952. The molecule has 7 heteroatoms. The topological polar surface area (TPSA) is 66.4 Å². The van der Waals surface area contributed by atoms with Crippen LogP contribution >= 0.6 is 0 Å². The number of carbonyl (C=O) groups excluding carboxylic acids is 1. The molecule has 0 aliphatic rings. The summed E-state index contributed by atoms with van der Waals surface area (Å²) in [6.07, 6.45) is -4.74. The van der Waals surface area contributed by atoms with Gasteiger partial charge in [-0.2, -0.15) is 13.2 Å². The molecule has 0 aromatic heterocycles. The standard InChI is InChI=1S/C19H18F3NO3/c1-11-7-8-13(9-12(11)2)10-16(18(25)26)23-17(24)14-5-3-4-6-15(14)19(20,21)22/h3-9,16H,10H2,1-2H3,(H,23,24)(H,25,26)/t16-/m1/s1. The van der Waals surface area contributed by atoms with Crippen molar-refractivity contribution in [2.75, 3.05) is 0 Å². The third kappa shape index (κ3) is 4.62. The fraction of sp³-hybridized carbons (Fsp3) is 0.263. The van der Waals surface area contributed by atoms with Crippen molar-refractivity contribution in [3.63, 3.8) is 0 Å². The average molecular weight is 365 g/mol. The summed E-state index contributed by atoms with van der Waals surface area (Å²) >= 11 is 0. The van der Waals surface area contributed by atoms with Gasteiger partial charge in [-0.25, -0.2) is 4.79 Å². The van der Waals surface area contributed by atoms with Gasteiger partial charge in [0.15, 0.2) is 0 Å². The third-order valence-corrected chi connectivity index (χ3v) is 4.09. The molecule has 0 fully saturated rings. The van der Waals surface area contributed by atoms with E-state index in [0.29, 0.717) is 5.56 Å². The number of amides is 1. The van der Waals surface area contributed by atoms with Gasteiger partial charge >= 0.3 is 12.1 Å². The minimum absolute atomic E-state index is 0.0314. The molecule has 1 atom stereocenters. The molecule has 0 unspecified atom stereocenters. The van der Waals surface area contributed by atoms with Gasteiger partial charge in [-0.1, -0.05) is 30.3 Å². The smallest absolute Gasteiger partial charge is 0.417 e. The van der Waals surface area contributed by atoms with Crippen LogP contribution in [0.2, 0.25) is 0 Å². The van der Waals surface area contributed by atoms with Crippen molar-refractivity contribution in [2.24, 2.45) is 0 Å². The molecule has 26 heavy (non-hydrogen) atoms. The molecule has 0 saturated heterocycles. The van der Waals surface area contributed by atoms with Gasteiger partial charge in [-0.05, 0) is 42.7 Å². The summed E-state index contributed by atoms with van der Waals surface area (Å²) in [6, 6.07) is 8.28. The molecule has 0 heterocycles. The van der Waals surface area contributed by atoms with Crippen LogP contribution in [-0.4, -0.2) is 23.0 Å². The SMILES string of the molecule is Cc1ccc(C[C@@H](NC(=O)c2ccccc2C(F)(F)F)C(=O)O)cc1C. The van der Waals surface area contributed by atoms with Crippen LogP contribution in [0.25, 0.3) is 0 Å². The maximum atomic E-state index is 13.0. The lowest BCUT2D eigenvalue weighted by Crippen LogP contribution is -2.42. The Balaban J connectivity index is 2.24. The molecule has 0 radical (unpaired) electrons. The highest BCUT2D eigenvalue weighted by Crippen LogP contribution is 2.31. The Morgan fingerprint density at radius 1 is 1.08 bits per heavy atom. The highest BCUT2D eigenvalue weighted by molar-refractivity contribution is 5.98. The number of aliphatic carboxylic acids is 1. The second-order valence-electron chi connectivity index (χ2n) is 6.03. The van der Waals surface area contributed by atoms with E-state index in [0.717, 1.165) is 23.3 Å². The number of hydrogen-bond acceptors (Lipinski definition) is 2. The summed E-state index contributed by atoms with van der Waals surface area (Å²) in [7, 11) is 0. The minimum Gasteiger partial charge on any atom is -0.480 e. The fourth-order valence-electron chi connectivity index (χ4n) is 2.53. The zero-order valence-electron chi connectivity index (χ0n) is 14.2. The van der Waals surface area contributed by atoms with E-state index in [-0.39, 0.29) is 6.42 Å². The number of rotatable bonds is 5. The monoisotopic (exact) mass is 365 g/mol. The summed E-state index contributed by atoms with van der Waals surface area (Å²) in [4.78, 5) is 23.7. The van der Waals surface area contributed by atoms with Crippen LogP contribution in [0.5, 0.6) is 0 Å². The van der Waals surface area contributed by atoms with Crippen molar-refractivity contribution in [3.05, 3.63) is 70.3 Å². The lowest BCUT2D eigenvalue weighted by Gasteiger charge is -2.17. The molecule has 2 N–H and O–H groups in total. The number of carboxylic acids is 1. The number of alkyl halides is 3. The molecule has 0 bridgehead atoms. The second-order valence-corrected chi connectivity index (χ2v) is 6.03. The Hall–Kier alpha value is -2.83. The van der Waals surface area contributed by atoms with Crippen LogP contribution in [0.3, 0.4) is 0 Å². The van der Waals surface area contributed by atoms with E-state index in [2.05, 4.69) is 5.32 Å². The molecule has 138 valence electrons. The van der Waals surface area contributed by atoms with Crippen molar-refractivity contribution in [3.8, 4) is 0 Å². The van der Waals surface area contributed by atoms with Gasteiger partial charge in [0.2, 0.25) is 0 Å². The number of nitrogens with one attached hydrogen (secondary N) is 1. The van der Waals surface area contributed by atoms with E-state index < -0.39 is 35.2 Å². The molecular weight excluding hydrogens is 347 g/mol. The number of hydrogen-bond donors (Lipinski definition) is 2. The van der Waals surface area contributed by atoms with Crippen molar-refractivity contribution >= 4 is 11.9 Å². The molecule has 0 aliphatic heterocycles. The van der Waals surface area contributed by atoms with Gasteiger partial charge in [0.05, 0.1) is 11.1 Å². The van der Waals surface area contributed by atoms with Crippen molar-refractivity contribution in [1.29, 1.82) is 0 Å². The van der Waals surface area contributed by atoms with Crippen molar-refractivity contribution in [1.82, 2.24) is 5.32 Å². The van der Waals surface area contributed by atoms with Gasteiger partial charge in [-0.15, -0.1) is 0 Å². The predicted octanol–water partition coefficient (Wildman–Crippen LogP) is 3.75. The van der Waals surface area contributed by atoms with Crippen LogP contribution in [0.1, 0.15) is 32.6 Å². The molecule has 1 amide bonds. The third-order valence-electron chi connectivity index (χ3n) is 4.09. The highest BCUT2D eigenvalue weighted by Gasteiger charge is 2.35. The molecule has 2 rings (SSSR count). The highest BCUT2D eigenvalue weighted by atomic mass is 19.4. The van der Waals surface area contributed by atoms with Gasteiger partial charge in [0, 0.05) is 6.42 Å². The zero-order valence-corrected chi connectivity index (χ0v) is 14.2. The molecule has 0 spiro atoms. The van der Waals surface area contributed by atoms with Gasteiger partial charge < -0.3 is 10.4 Å². The lowest BCUT2D eigenvalue weighted by atomic mass is 10.00. The van der Waals surface area contributed by atoms with Crippen LogP contribution < -0.4 is 5.32 Å². The zero-order chi connectivity index (χ0) is 19.5. The maximum absolute atomic E-state index is 13.0. The van der Waals surface area contributed by atoms with Gasteiger partial charge in [0.1, 0.15) is 6.04 Å². The Kier molecular flexibility index (Phi) is 5.69. The van der Waals surface area contributed by atoms with E-state index in [9.17, 15) is 27.9 Å². The fourth-order valence-corrected chi connectivity index (χ4v) is 2.53. The molecule has 0 aliphatic carbocycles. The Bertz CT molecular complexity index is 831. The largest absolute Gasteiger partial charge is 0.480 e. The number of carboxylic acid groups (broad SMARTS) is 1. The van der Waals surface area contributed by atoms with E-state index in [1.54, 1.807) is 12.1 Å². The lowest BCUT2D eigenvalue weighted by molar-refractivity contribution is -0.139. The quantitative estimate of drug-likeness (QED) is 0.848. The normalized spacial score (nSPS) is 12.5. The first-order valence-corrected chi connectivity index (χ1v) is 7.85. The minimum atomic E-state index is -4.71. The van der Waals surface area contributed by atoms with Crippen LogP contribution in [-0.2, 0) is 17.4 Å². The summed E-state index contributed by atoms with van der Waals surface area (Å²) in [5, 5.41) is 11.5. The number of halogens is 3. The van der Waals surface area contributed by atoms with E-state index >= 15 is 0 Å². The summed E-state index contributed by atoms with van der Waals surface area (Å²) < 4.78 is 39.1. The maximum Gasteiger partial charge on any atom is 0.417 e. The number of benzene rings is 2. The molecule has 0 saturated carbocycles. The molecular formula is C19H18F3NO3. The summed E-state index contributed by atoms with van der Waals surface area (Å²) in [6.45, 7) is 3.77. The first-order valence-electron chi connectivity index (χ1n) is 7.85. The van der Waals surface area contributed by atoms with Crippen LogP contribution in [0.15, 0.2) is 42.5 Å². The van der Waals surface area contributed by atoms with Crippen molar-refractivity contribution < 1.29 is 27.9 Å². The number of carbonyl (C=O) groups is 2. The van der Waals surface area contributed by atoms with E-state index in [4.69, 9.17) is 0 Å².